The first-order chi connectivity index (χ1) is 7.68. The molecule has 1 aromatic heterocycles. The molecule has 0 saturated heterocycles. The zero-order valence-corrected chi connectivity index (χ0v) is 9.78. The molecule has 0 aliphatic heterocycles. The van der Waals surface area contributed by atoms with Gasteiger partial charge < -0.3 is 15.3 Å². The van der Waals surface area contributed by atoms with Crippen molar-refractivity contribution >= 4 is 43.6 Å². The molecule has 3 aromatic rings. The average molecular weight is 278 g/mol. The van der Waals surface area contributed by atoms with E-state index in [2.05, 4.69) is 15.9 Å². The normalized spacial score (nSPS) is 11.3. The minimum atomic E-state index is 0.0200. The Labute approximate surface area is 99.6 Å². The number of nitrogen functional groups attached to an aromatic ring is 1. The van der Waals surface area contributed by atoms with Crippen molar-refractivity contribution in [3.8, 4) is 5.75 Å². The summed E-state index contributed by atoms with van der Waals surface area (Å²) in [5.41, 5.74) is 7.37. The van der Waals surface area contributed by atoms with Crippen molar-refractivity contribution in [3.63, 3.8) is 0 Å². The van der Waals surface area contributed by atoms with Crippen molar-refractivity contribution in [3.05, 3.63) is 34.8 Å². The van der Waals surface area contributed by atoms with Crippen LogP contribution in [-0.2, 0) is 0 Å². The van der Waals surface area contributed by atoms with Crippen molar-refractivity contribution in [2.24, 2.45) is 0 Å². The maximum Gasteiger partial charge on any atom is 0.162 e. The number of halogens is 1. The second-order valence-corrected chi connectivity index (χ2v) is 4.45. The first kappa shape index (κ1) is 9.54. The Morgan fingerprint density at radius 1 is 1.19 bits per heavy atom. The average Bonchev–Trinajstić information content (AvgIpc) is 2.65. The third kappa shape index (κ3) is 1.13. The molecule has 0 aliphatic carbocycles. The Hall–Kier alpha value is -1.68. The molecule has 16 heavy (non-hydrogen) atoms. The van der Waals surface area contributed by atoms with Crippen LogP contribution in [0, 0.1) is 0 Å². The lowest BCUT2D eigenvalue weighted by atomic mass is 10.1. The number of para-hydroxylation sites is 1. The molecule has 1 heterocycles. The number of benzene rings is 2. The summed E-state index contributed by atoms with van der Waals surface area (Å²) >= 11 is 3.27. The van der Waals surface area contributed by atoms with Crippen molar-refractivity contribution in [1.29, 1.82) is 0 Å². The molecular weight excluding hydrogens is 270 g/mol. The second-order valence-electron chi connectivity index (χ2n) is 3.60. The first-order valence-corrected chi connectivity index (χ1v) is 5.56. The third-order valence-electron chi connectivity index (χ3n) is 2.63. The number of hydrogen-bond donors (Lipinski definition) is 2. The Bertz CT molecular complexity index is 703. The van der Waals surface area contributed by atoms with E-state index in [-0.39, 0.29) is 11.4 Å². The quantitative estimate of drug-likeness (QED) is 0.487. The predicted octanol–water partition coefficient (Wildman–Crippen LogP) is 3.64. The fourth-order valence-electron chi connectivity index (χ4n) is 1.84. The highest BCUT2D eigenvalue weighted by Gasteiger charge is 2.14. The van der Waals surface area contributed by atoms with Gasteiger partial charge in [-0.15, -0.1) is 0 Å². The molecule has 0 atom stereocenters. The van der Waals surface area contributed by atoms with Crippen LogP contribution in [0.4, 0.5) is 5.69 Å². The molecule has 0 saturated carbocycles. The molecule has 80 valence electrons. The summed E-state index contributed by atoms with van der Waals surface area (Å²) in [7, 11) is 0. The van der Waals surface area contributed by atoms with Gasteiger partial charge in [-0.05, 0) is 28.1 Å². The van der Waals surface area contributed by atoms with Gasteiger partial charge >= 0.3 is 0 Å². The molecule has 0 spiro atoms. The summed E-state index contributed by atoms with van der Waals surface area (Å²) in [4.78, 5) is 0. The van der Waals surface area contributed by atoms with Crippen LogP contribution >= 0.6 is 15.9 Å². The van der Waals surface area contributed by atoms with Gasteiger partial charge in [-0.25, -0.2) is 0 Å². The Morgan fingerprint density at radius 2 is 1.94 bits per heavy atom. The molecule has 0 radical (unpaired) electrons. The van der Waals surface area contributed by atoms with E-state index < -0.39 is 0 Å². The molecule has 0 aliphatic rings. The van der Waals surface area contributed by atoms with Gasteiger partial charge in [0.2, 0.25) is 0 Å². The van der Waals surface area contributed by atoms with Crippen molar-refractivity contribution in [2.45, 2.75) is 0 Å². The lowest BCUT2D eigenvalue weighted by Crippen LogP contribution is -1.86. The lowest BCUT2D eigenvalue weighted by molar-refractivity contribution is 0.474. The number of anilines is 1. The van der Waals surface area contributed by atoms with Crippen LogP contribution in [0.1, 0.15) is 0 Å². The fraction of sp³-hybridized carbons (Fsp3) is 0. The summed E-state index contributed by atoms with van der Waals surface area (Å²) in [6.45, 7) is 0. The number of hydrogen-bond acceptors (Lipinski definition) is 3. The van der Waals surface area contributed by atoms with Crippen molar-refractivity contribution in [1.82, 2.24) is 0 Å². The van der Waals surface area contributed by atoms with E-state index in [4.69, 9.17) is 10.2 Å². The van der Waals surface area contributed by atoms with Crippen LogP contribution in [0.3, 0.4) is 0 Å². The Kier molecular flexibility index (Phi) is 1.88. The Balaban J connectivity index is 2.60. The smallest absolute Gasteiger partial charge is 0.162 e. The number of phenols is 1. The van der Waals surface area contributed by atoms with Crippen LogP contribution in [0.25, 0.3) is 21.9 Å². The number of furan rings is 1. The molecule has 3 nitrogen and oxygen atoms in total. The van der Waals surface area contributed by atoms with Crippen LogP contribution in [0.2, 0.25) is 0 Å². The van der Waals surface area contributed by atoms with E-state index in [1.54, 1.807) is 0 Å². The summed E-state index contributed by atoms with van der Waals surface area (Å²) < 4.78 is 6.19. The van der Waals surface area contributed by atoms with Gasteiger partial charge in [0, 0.05) is 10.8 Å². The SMILES string of the molecule is Nc1c(O)c(Br)cc2c1oc1ccccc12. The van der Waals surface area contributed by atoms with Crippen LogP contribution < -0.4 is 5.73 Å². The van der Waals surface area contributed by atoms with E-state index in [1.807, 2.05) is 30.3 Å². The number of nitrogens with two attached hydrogens (primary N) is 1. The number of fused-ring (bicyclic) bond motifs is 3. The van der Waals surface area contributed by atoms with Crippen molar-refractivity contribution < 1.29 is 9.52 Å². The minimum absolute atomic E-state index is 0.0200. The third-order valence-corrected chi connectivity index (χ3v) is 3.24. The summed E-state index contributed by atoms with van der Waals surface area (Å²) in [5, 5.41) is 11.6. The number of rotatable bonds is 0. The van der Waals surface area contributed by atoms with E-state index in [0.29, 0.717) is 10.1 Å². The summed E-state index contributed by atoms with van der Waals surface area (Å²) in [6.07, 6.45) is 0. The maximum absolute atomic E-state index is 9.70. The fourth-order valence-corrected chi connectivity index (χ4v) is 2.28. The van der Waals surface area contributed by atoms with Gasteiger partial charge in [-0.1, -0.05) is 18.2 Å². The molecule has 3 rings (SSSR count). The van der Waals surface area contributed by atoms with Crippen LogP contribution in [0.15, 0.2) is 39.2 Å². The zero-order valence-electron chi connectivity index (χ0n) is 8.20. The zero-order chi connectivity index (χ0) is 11.3. The minimum Gasteiger partial charge on any atom is -0.505 e. The highest BCUT2D eigenvalue weighted by atomic mass is 79.9. The molecular formula is C12H8BrNO2. The number of aromatic hydroxyl groups is 1. The van der Waals surface area contributed by atoms with E-state index in [1.165, 1.54) is 0 Å². The van der Waals surface area contributed by atoms with Gasteiger partial charge in [-0.3, -0.25) is 0 Å². The van der Waals surface area contributed by atoms with Gasteiger partial charge in [-0.2, -0.15) is 0 Å². The summed E-state index contributed by atoms with van der Waals surface area (Å²) in [6, 6.07) is 9.49. The largest absolute Gasteiger partial charge is 0.505 e. The summed E-state index contributed by atoms with van der Waals surface area (Å²) in [5.74, 6) is 0.0200. The van der Waals surface area contributed by atoms with Crippen LogP contribution in [0.5, 0.6) is 5.75 Å². The number of phenolic OH excluding ortho intramolecular Hbond substituents is 1. The van der Waals surface area contributed by atoms with Gasteiger partial charge in [0.1, 0.15) is 11.3 Å². The molecule has 4 heteroatoms. The molecule has 3 N–H and O–H groups in total. The molecule has 0 unspecified atom stereocenters. The maximum atomic E-state index is 9.70. The van der Waals surface area contributed by atoms with E-state index in [0.717, 1.165) is 16.4 Å². The standard InChI is InChI=1S/C12H8BrNO2/c13-8-5-7-6-3-1-2-4-9(6)16-12(7)10(14)11(8)15/h1-5,15H,14H2. The topological polar surface area (TPSA) is 59.4 Å². The van der Waals surface area contributed by atoms with E-state index in [9.17, 15) is 5.11 Å². The highest BCUT2D eigenvalue weighted by molar-refractivity contribution is 9.10. The Morgan fingerprint density at radius 3 is 2.75 bits per heavy atom. The second kappa shape index (κ2) is 3.15. The lowest BCUT2D eigenvalue weighted by Gasteiger charge is -2.01. The highest BCUT2D eigenvalue weighted by Crippen LogP contribution is 2.41. The van der Waals surface area contributed by atoms with Crippen LogP contribution in [-0.4, -0.2) is 5.11 Å². The van der Waals surface area contributed by atoms with Gasteiger partial charge in [0.25, 0.3) is 0 Å². The van der Waals surface area contributed by atoms with Gasteiger partial charge in [0.05, 0.1) is 4.47 Å². The van der Waals surface area contributed by atoms with E-state index >= 15 is 0 Å². The monoisotopic (exact) mass is 277 g/mol. The first-order valence-electron chi connectivity index (χ1n) is 4.76. The van der Waals surface area contributed by atoms with Crippen molar-refractivity contribution in [2.75, 3.05) is 5.73 Å². The molecule has 0 bridgehead atoms. The molecule has 2 aromatic carbocycles. The molecule has 0 amide bonds. The van der Waals surface area contributed by atoms with Gasteiger partial charge in [0.15, 0.2) is 11.3 Å². The molecule has 0 fully saturated rings. The predicted molar refractivity (Wildman–Crippen MR) is 67.5 cm³/mol.